The Kier molecular flexibility index (Phi) is 5.45. The first-order chi connectivity index (χ1) is 8.35. The van der Waals surface area contributed by atoms with Crippen molar-refractivity contribution in [1.29, 1.82) is 0 Å². The molecule has 1 aliphatic rings. The van der Waals surface area contributed by atoms with Gasteiger partial charge in [-0.2, -0.15) is 0 Å². The number of ether oxygens (including phenoxy) is 1. The third-order valence-electron chi connectivity index (χ3n) is 3.46. The topological polar surface area (TPSA) is 55.6 Å². The minimum atomic E-state index is -0.443. The van der Waals surface area contributed by atoms with Gasteiger partial charge in [-0.15, -0.1) is 0 Å². The Bertz CT molecular complexity index is 273. The van der Waals surface area contributed by atoms with Crippen LogP contribution in [-0.4, -0.2) is 35.7 Å². The predicted octanol–water partition coefficient (Wildman–Crippen LogP) is 2.76. The van der Waals surface area contributed by atoms with Crippen molar-refractivity contribution in [2.24, 2.45) is 11.7 Å². The molecule has 1 aliphatic carbocycles. The Morgan fingerprint density at radius 1 is 1.33 bits per heavy atom. The van der Waals surface area contributed by atoms with E-state index < -0.39 is 5.60 Å². The fourth-order valence-corrected chi connectivity index (χ4v) is 2.61. The summed E-state index contributed by atoms with van der Waals surface area (Å²) in [6.45, 7) is 8.99. The van der Waals surface area contributed by atoms with Gasteiger partial charge in [-0.3, -0.25) is 0 Å². The lowest BCUT2D eigenvalue weighted by atomic mass is 9.85. The Hall–Kier alpha value is -0.770. The summed E-state index contributed by atoms with van der Waals surface area (Å²) < 4.78 is 5.49. The molecule has 0 bridgehead atoms. The molecule has 0 aromatic rings. The van der Waals surface area contributed by atoms with E-state index in [2.05, 4.69) is 6.92 Å². The molecule has 2 atom stereocenters. The van der Waals surface area contributed by atoms with Crippen molar-refractivity contribution >= 4 is 6.09 Å². The van der Waals surface area contributed by atoms with Crippen molar-refractivity contribution in [3.05, 3.63) is 0 Å². The molecule has 0 spiro atoms. The third kappa shape index (κ3) is 4.48. The standard InChI is InChI=1S/C14H28N2O2/c1-11-7-5-6-8-12(11)16(10-9-15)13(17)18-14(2,3)4/h11-12H,5-10,15H2,1-4H3/t11-,12-/m1/s1. The van der Waals surface area contributed by atoms with E-state index in [9.17, 15) is 4.79 Å². The zero-order valence-electron chi connectivity index (χ0n) is 12.2. The minimum absolute atomic E-state index is 0.216. The smallest absolute Gasteiger partial charge is 0.410 e. The van der Waals surface area contributed by atoms with Gasteiger partial charge in [0.25, 0.3) is 0 Å². The van der Waals surface area contributed by atoms with Crippen molar-refractivity contribution in [3.8, 4) is 0 Å². The van der Waals surface area contributed by atoms with Gasteiger partial charge in [0.05, 0.1) is 0 Å². The van der Waals surface area contributed by atoms with Crippen LogP contribution in [0.4, 0.5) is 4.79 Å². The zero-order valence-corrected chi connectivity index (χ0v) is 12.2. The lowest BCUT2D eigenvalue weighted by Gasteiger charge is -2.39. The summed E-state index contributed by atoms with van der Waals surface area (Å²) in [5.74, 6) is 0.540. The first-order valence-electron chi connectivity index (χ1n) is 7.05. The summed E-state index contributed by atoms with van der Waals surface area (Å²) in [7, 11) is 0. The predicted molar refractivity (Wildman–Crippen MR) is 73.4 cm³/mol. The summed E-state index contributed by atoms with van der Waals surface area (Å²) >= 11 is 0. The normalized spacial score (nSPS) is 24.7. The van der Waals surface area contributed by atoms with Gasteiger partial charge < -0.3 is 15.4 Å². The highest BCUT2D eigenvalue weighted by atomic mass is 16.6. The fraction of sp³-hybridized carbons (Fsp3) is 0.929. The maximum absolute atomic E-state index is 12.2. The van der Waals surface area contributed by atoms with Gasteiger partial charge in [0.15, 0.2) is 0 Å². The van der Waals surface area contributed by atoms with E-state index in [4.69, 9.17) is 10.5 Å². The number of carbonyl (C=O) groups excluding carboxylic acids is 1. The molecule has 2 N–H and O–H groups in total. The maximum Gasteiger partial charge on any atom is 0.410 e. The number of nitrogens with zero attached hydrogens (tertiary/aromatic N) is 1. The maximum atomic E-state index is 12.2. The number of hydrogen-bond donors (Lipinski definition) is 1. The van der Waals surface area contributed by atoms with Crippen molar-refractivity contribution in [2.45, 2.75) is 65.0 Å². The van der Waals surface area contributed by atoms with Gasteiger partial charge in [-0.05, 0) is 39.5 Å². The van der Waals surface area contributed by atoms with Crippen LogP contribution in [0.3, 0.4) is 0 Å². The van der Waals surface area contributed by atoms with E-state index in [1.165, 1.54) is 19.3 Å². The largest absolute Gasteiger partial charge is 0.444 e. The summed E-state index contributed by atoms with van der Waals surface area (Å²) in [6, 6.07) is 0.289. The van der Waals surface area contributed by atoms with Gasteiger partial charge in [0, 0.05) is 19.1 Å². The molecule has 4 heteroatoms. The van der Waals surface area contributed by atoms with Crippen LogP contribution in [0.1, 0.15) is 53.4 Å². The number of nitrogens with two attached hydrogens (primary N) is 1. The van der Waals surface area contributed by atoms with Crippen LogP contribution in [0.15, 0.2) is 0 Å². The molecule has 106 valence electrons. The van der Waals surface area contributed by atoms with Gasteiger partial charge >= 0.3 is 6.09 Å². The van der Waals surface area contributed by atoms with Crippen LogP contribution in [-0.2, 0) is 4.74 Å². The first-order valence-corrected chi connectivity index (χ1v) is 7.05. The van der Waals surface area contributed by atoms with Crippen molar-refractivity contribution in [2.75, 3.05) is 13.1 Å². The molecule has 1 fully saturated rings. The van der Waals surface area contributed by atoms with Crippen LogP contribution < -0.4 is 5.73 Å². The van der Waals surface area contributed by atoms with Crippen LogP contribution in [0.2, 0.25) is 0 Å². The molecule has 0 aromatic carbocycles. The Morgan fingerprint density at radius 2 is 1.94 bits per heavy atom. The van der Waals surface area contributed by atoms with Crippen LogP contribution >= 0.6 is 0 Å². The van der Waals surface area contributed by atoms with Gasteiger partial charge in [0.2, 0.25) is 0 Å². The molecular formula is C14H28N2O2. The van der Waals surface area contributed by atoms with Gasteiger partial charge in [-0.25, -0.2) is 4.79 Å². The summed E-state index contributed by atoms with van der Waals surface area (Å²) in [5, 5.41) is 0. The van der Waals surface area contributed by atoms with Crippen LogP contribution in [0.25, 0.3) is 0 Å². The Morgan fingerprint density at radius 3 is 2.44 bits per heavy atom. The Balaban J connectivity index is 2.71. The van der Waals surface area contributed by atoms with E-state index in [0.29, 0.717) is 19.0 Å². The highest BCUT2D eigenvalue weighted by Gasteiger charge is 2.32. The molecule has 0 unspecified atom stereocenters. The fourth-order valence-electron chi connectivity index (χ4n) is 2.61. The number of carbonyl (C=O) groups is 1. The lowest BCUT2D eigenvalue weighted by molar-refractivity contribution is 0.00618. The third-order valence-corrected chi connectivity index (χ3v) is 3.46. The molecule has 0 radical (unpaired) electrons. The van der Waals surface area contributed by atoms with Crippen molar-refractivity contribution in [1.82, 2.24) is 4.90 Å². The van der Waals surface area contributed by atoms with Crippen molar-refractivity contribution in [3.63, 3.8) is 0 Å². The van der Waals surface area contributed by atoms with Crippen molar-refractivity contribution < 1.29 is 9.53 Å². The minimum Gasteiger partial charge on any atom is -0.444 e. The second kappa shape index (κ2) is 6.41. The molecule has 0 aromatic heterocycles. The average molecular weight is 256 g/mol. The molecule has 1 amide bonds. The quantitative estimate of drug-likeness (QED) is 0.844. The molecule has 4 nitrogen and oxygen atoms in total. The average Bonchev–Trinajstić information content (AvgIpc) is 2.24. The second-order valence-electron chi connectivity index (χ2n) is 6.29. The van der Waals surface area contributed by atoms with E-state index >= 15 is 0 Å². The molecule has 1 rings (SSSR count). The van der Waals surface area contributed by atoms with E-state index in [-0.39, 0.29) is 12.1 Å². The number of amides is 1. The SMILES string of the molecule is C[C@@H]1CCCC[C@H]1N(CCN)C(=O)OC(C)(C)C. The number of rotatable bonds is 3. The van der Waals surface area contributed by atoms with E-state index in [0.717, 1.165) is 6.42 Å². The molecular weight excluding hydrogens is 228 g/mol. The highest BCUT2D eigenvalue weighted by molar-refractivity contribution is 5.68. The Labute approximate surface area is 111 Å². The first kappa shape index (κ1) is 15.3. The van der Waals surface area contributed by atoms with E-state index in [1.54, 1.807) is 0 Å². The van der Waals surface area contributed by atoms with E-state index in [1.807, 2.05) is 25.7 Å². The highest BCUT2D eigenvalue weighted by Crippen LogP contribution is 2.28. The van der Waals surface area contributed by atoms with Gasteiger partial charge in [-0.1, -0.05) is 19.8 Å². The second-order valence-corrected chi connectivity index (χ2v) is 6.29. The van der Waals surface area contributed by atoms with Crippen LogP contribution in [0, 0.1) is 5.92 Å². The lowest BCUT2D eigenvalue weighted by Crippen LogP contribution is -2.49. The molecule has 1 saturated carbocycles. The molecule has 0 heterocycles. The molecule has 0 aliphatic heterocycles. The summed E-state index contributed by atoms with van der Waals surface area (Å²) in [5.41, 5.74) is 5.19. The van der Waals surface area contributed by atoms with Gasteiger partial charge in [0.1, 0.15) is 5.60 Å². The molecule has 18 heavy (non-hydrogen) atoms. The summed E-state index contributed by atoms with van der Waals surface area (Å²) in [6.07, 6.45) is 4.50. The monoisotopic (exact) mass is 256 g/mol. The zero-order chi connectivity index (χ0) is 13.8. The number of hydrogen-bond acceptors (Lipinski definition) is 3. The van der Waals surface area contributed by atoms with Crippen LogP contribution in [0.5, 0.6) is 0 Å². The summed E-state index contributed by atoms with van der Waals surface area (Å²) in [4.78, 5) is 14.1. The molecule has 0 saturated heterocycles.